The zero-order valence-corrected chi connectivity index (χ0v) is 27.9. The molecule has 2 amide bonds. The lowest BCUT2D eigenvalue weighted by molar-refractivity contribution is -0.187. The van der Waals surface area contributed by atoms with E-state index in [0.717, 1.165) is 62.5 Å². The summed E-state index contributed by atoms with van der Waals surface area (Å²) in [7, 11) is 4.41. The van der Waals surface area contributed by atoms with E-state index in [1.165, 1.54) is 44.3 Å². The van der Waals surface area contributed by atoms with Crippen molar-refractivity contribution in [3.63, 3.8) is 0 Å². The molecule has 10 nitrogen and oxygen atoms in total. The first-order valence-corrected chi connectivity index (χ1v) is 16.3. The van der Waals surface area contributed by atoms with Gasteiger partial charge in [0.2, 0.25) is 0 Å². The number of imidazole rings is 1. The number of aromatic nitrogens is 2. The van der Waals surface area contributed by atoms with E-state index < -0.39 is 30.4 Å². The summed E-state index contributed by atoms with van der Waals surface area (Å²) in [6.07, 6.45) is -0.366. The van der Waals surface area contributed by atoms with E-state index in [1.54, 1.807) is 0 Å². The van der Waals surface area contributed by atoms with Gasteiger partial charge in [-0.05, 0) is 43.4 Å². The number of rotatable bonds is 8. The molecular weight excluding hydrogens is 644 g/mol. The van der Waals surface area contributed by atoms with E-state index >= 15 is 0 Å². The number of ether oxygens (including phenoxy) is 2. The topological polar surface area (TPSA) is 101 Å². The predicted octanol–water partition coefficient (Wildman–Crippen LogP) is 4.53. The molecule has 0 bridgehead atoms. The molecule has 2 aliphatic heterocycles. The van der Waals surface area contributed by atoms with Crippen LogP contribution in [0.3, 0.4) is 0 Å². The summed E-state index contributed by atoms with van der Waals surface area (Å²) in [5.74, 6) is 4.52. The van der Waals surface area contributed by atoms with Gasteiger partial charge in [-0.25, -0.2) is 9.37 Å². The van der Waals surface area contributed by atoms with Crippen LogP contribution in [0.5, 0.6) is 5.75 Å². The molecule has 2 aromatic carbocycles. The Hall–Kier alpha value is -4.35. The van der Waals surface area contributed by atoms with Crippen LogP contribution in [0.4, 0.5) is 23.2 Å². The van der Waals surface area contributed by atoms with E-state index in [4.69, 9.17) is 9.47 Å². The fourth-order valence-corrected chi connectivity index (χ4v) is 7.07. The second-order valence-corrected chi connectivity index (χ2v) is 13.7. The van der Waals surface area contributed by atoms with Gasteiger partial charge in [-0.2, -0.15) is 13.2 Å². The highest BCUT2D eigenvalue weighted by Gasteiger charge is 2.52. The first-order chi connectivity index (χ1) is 23.3. The van der Waals surface area contributed by atoms with Gasteiger partial charge in [-0.15, -0.1) is 0 Å². The molecule has 2 N–H and O–H groups in total. The number of likely N-dealkylation sites (tertiary alicyclic amines) is 1. The third kappa shape index (κ3) is 7.33. The van der Waals surface area contributed by atoms with Crippen molar-refractivity contribution in [2.75, 3.05) is 59.4 Å². The van der Waals surface area contributed by atoms with Crippen LogP contribution in [-0.4, -0.2) is 103 Å². The van der Waals surface area contributed by atoms with Crippen LogP contribution in [-0.2, 0) is 11.3 Å². The molecule has 14 heteroatoms. The number of hydrogen-bond acceptors (Lipinski definition) is 7. The van der Waals surface area contributed by atoms with Crippen LogP contribution in [0.1, 0.15) is 52.5 Å². The van der Waals surface area contributed by atoms with Crippen LogP contribution in [0, 0.1) is 29.0 Å². The molecule has 1 aliphatic carbocycles. The molecule has 2 saturated heterocycles. The maximum Gasteiger partial charge on any atom is 0.406 e. The summed E-state index contributed by atoms with van der Waals surface area (Å²) < 4.78 is 66.7. The number of fused-ring (bicyclic) bond motifs is 1. The molecule has 3 heterocycles. The van der Waals surface area contributed by atoms with Crippen LogP contribution < -0.4 is 15.4 Å². The maximum absolute atomic E-state index is 14.7. The molecular formula is C35H40F4N6O4. The monoisotopic (exact) mass is 684 g/mol. The Morgan fingerprint density at radius 1 is 1.16 bits per heavy atom. The van der Waals surface area contributed by atoms with Crippen molar-refractivity contribution in [1.29, 1.82) is 0 Å². The Morgan fingerprint density at radius 2 is 1.92 bits per heavy atom. The van der Waals surface area contributed by atoms with Gasteiger partial charge >= 0.3 is 6.18 Å². The minimum atomic E-state index is -4.50. The van der Waals surface area contributed by atoms with Gasteiger partial charge in [-0.3, -0.25) is 14.5 Å². The highest BCUT2D eigenvalue weighted by atomic mass is 19.4. The van der Waals surface area contributed by atoms with Gasteiger partial charge in [0, 0.05) is 56.3 Å². The van der Waals surface area contributed by atoms with Crippen LogP contribution in [0.25, 0.3) is 11.0 Å². The number of anilines is 1. The summed E-state index contributed by atoms with van der Waals surface area (Å²) in [4.78, 5) is 34.0. The lowest BCUT2D eigenvalue weighted by atomic mass is 9.63. The van der Waals surface area contributed by atoms with E-state index in [0.29, 0.717) is 17.0 Å². The van der Waals surface area contributed by atoms with Crippen molar-refractivity contribution >= 4 is 28.5 Å². The number of nitrogens with zero attached hydrogens (tertiary/aromatic N) is 4. The van der Waals surface area contributed by atoms with Crippen molar-refractivity contribution in [3.8, 4) is 17.6 Å². The molecule has 262 valence electrons. The smallest absolute Gasteiger partial charge is 0.406 e. The summed E-state index contributed by atoms with van der Waals surface area (Å²) in [6.45, 7) is 4.24. The summed E-state index contributed by atoms with van der Waals surface area (Å²) in [5, 5.41) is 6.08. The van der Waals surface area contributed by atoms with Crippen molar-refractivity contribution < 1.29 is 36.6 Å². The van der Waals surface area contributed by atoms with Crippen LogP contribution in [0.2, 0.25) is 0 Å². The van der Waals surface area contributed by atoms with E-state index in [9.17, 15) is 27.2 Å². The fourth-order valence-electron chi connectivity index (χ4n) is 7.07. The Kier molecular flexibility index (Phi) is 9.52. The van der Waals surface area contributed by atoms with Crippen molar-refractivity contribution in [3.05, 3.63) is 53.1 Å². The molecule has 3 fully saturated rings. The molecule has 0 radical (unpaired) electrons. The maximum atomic E-state index is 14.7. The summed E-state index contributed by atoms with van der Waals surface area (Å²) >= 11 is 0. The fraction of sp³-hybridized carbons (Fsp3) is 0.514. The Morgan fingerprint density at radius 3 is 2.55 bits per heavy atom. The highest BCUT2D eigenvalue weighted by Crippen LogP contribution is 2.49. The molecule has 3 aliphatic rings. The first kappa shape index (κ1) is 34.5. The predicted molar refractivity (Wildman–Crippen MR) is 175 cm³/mol. The van der Waals surface area contributed by atoms with Gasteiger partial charge in [0.25, 0.3) is 11.8 Å². The van der Waals surface area contributed by atoms with Gasteiger partial charge in [0.1, 0.15) is 23.6 Å². The zero-order valence-electron chi connectivity index (χ0n) is 27.9. The van der Waals surface area contributed by atoms with Crippen molar-refractivity contribution in [2.24, 2.45) is 11.3 Å². The molecule has 3 aromatic rings. The number of halogens is 4. The number of carbonyl (C=O) groups excluding carboxylic acids is 2. The summed E-state index contributed by atoms with van der Waals surface area (Å²) in [6, 6.07) is 5.87. The minimum absolute atomic E-state index is 0.00335. The number of hydrogen-bond donors (Lipinski definition) is 2. The second kappa shape index (κ2) is 13.5. The highest BCUT2D eigenvalue weighted by molar-refractivity contribution is 6.05. The Labute approximate surface area is 282 Å². The van der Waals surface area contributed by atoms with Crippen LogP contribution in [0.15, 0.2) is 30.6 Å². The average molecular weight is 685 g/mol. The quantitative estimate of drug-likeness (QED) is 0.266. The van der Waals surface area contributed by atoms with Gasteiger partial charge in [0.15, 0.2) is 0 Å². The van der Waals surface area contributed by atoms with Crippen molar-refractivity contribution in [2.45, 2.75) is 51.0 Å². The number of piperidine rings is 1. The van der Waals surface area contributed by atoms with E-state index in [2.05, 4.69) is 39.3 Å². The Balaban J connectivity index is 1.18. The standard InChI is InChI=1S/C35H40F4N6O4/c1-21-16-44(23-14-34(15-23)18-49-19-34)9-7-27(21)42-32(46)25-10-22(11-29-31(25)41-20-45(29)17-35(37,38)39)6-5-8-40-28-13-26(36)24(12-30(28)48-4)33(47)43(2)3/h10-13,20-21,23,27,40H,7-9,14-19H2,1-4H3,(H,42,46). The van der Waals surface area contributed by atoms with Crippen molar-refractivity contribution in [1.82, 2.24) is 24.7 Å². The molecule has 6 rings (SSSR count). The second-order valence-electron chi connectivity index (χ2n) is 13.7. The number of carbonyl (C=O) groups is 2. The molecule has 1 saturated carbocycles. The van der Waals surface area contributed by atoms with Gasteiger partial charge in [-0.1, -0.05) is 18.8 Å². The lowest BCUT2D eigenvalue weighted by Gasteiger charge is -2.57. The molecule has 49 heavy (non-hydrogen) atoms. The zero-order chi connectivity index (χ0) is 35.1. The normalized spacial score (nSPS) is 20.6. The molecule has 1 spiro atoms. The van der Waals surface area contributed by atoms with E-state index in [-0.39, 0.29) is 52.1 Å². The first-order valence-electron chi connectivity index (χ1n) is 16.3. The molecule has 2 atom stereocenters. The number of amides is 2. The molecule has 2 unspecified atom stereocenters. The van der Waals surface area contributed by atoms with Gasteiger partial charge in [0.05, 0.1) is 55.5 Å². The SMILES string of the molecule is COc1cc(C(=O)N(C)C)c(F)cc1NCC#Cc1cc(C(=O)NC2CCN(C3CC4(COC4)C3)CC2C)c2ncn(CC(F)(F)F)c2c1. The van der Waals surface area contributed by atoms with E-state index in [1.807, 2.05) is 0 Å². The molecule has 1 aromatic heterocycles. The lowest BCUT2D eigenvalue weighted by Crippen LogP contribution is -2.62. The largest absolute Gasteiger partial charge is 0.495 e. The number of nitrogens with one attached hydrogen (secondary N) is 2. The third-order valence-electron chi connectivity index (χ3n) is 9.77. The third-order valence-corrected chi connectivity index (χ3v) is 9.77. The number of alkyl halides is 3. The number of methoxy groups -OCH3 is 1. The minimum Gasteiger partial charge on any atom is -0.495 e. The Bertz CT molecular complexity index is 1800. The average Bonchev–Trinajstić information content (AvgIpc) is 3.39. The summed E-state index contributed by atoms with van der Waals surface area (Å²) in [5.41, 5.74) is 1.23. The van der Waals surface area contributed by atoms with Gasteiger partial charge < -0.3 is 29.6 Å². The number of benzene rings is 2. The van der Waals surface area contributed by atoms with Crippen LogP contribution >= 0.6 is 0 Å².